The molecule has 1 amide bonds. The van der Waals surface area contributed by atoms with Crippen molar-refractivity contribution in [3.8, 4) is 11.5 Å². The summed E-state index contributed by atoms with van der Waals surface area (Å²) in [5, 5.41) is 11.5. The molecule has 4 rings (SSSR count). The van der Waals surface area contributed by atoms with Crippen molar-refractivity contribution in [2.24, 2.45) is 0 Å². The molecule has 0 aliphatic carbocycles. The quantitative estimate of drug-likeness (QED) is 0.347. The highest BCUT2D eigenvalue weighted by Gasteiger charge is 2.15. The molecule has 3 aromatic carbocycles. The fourth-order valence-corrected chi connectivity index (χ4v) is 4.19. The van der Waals surface area contributed by atoms with Crippen molar-refractivity contribution < 1.29 is 9.21 Å². The van der Waals surface area contributed by atoms with Crippen LogP contribution in [0.2, 0.25) is 0 Å². The molecule has 1 aromatic heterocycles. The first-order chi connectivity index (χ1) is 15.7. The van der Waals surface area contributed by atoms with Gasteiger partial charge in [-0.1, -0.05) is 90.1 Å². The maximum absolute atomic E-state index is 12.4. The van der Waals surface area contributed by atoms with E-state index in [2.05, 4.69) is 64.0 Å². The lowest BCUT2D eigenvalue weighted by Crippen LogP contribution is -2.27. The number of thioether (sulfide) groups is 1. The summed E-state index contributed by atoms with van der Waals surface area (Å²) in [7, 11) is 0. The number of nitrogens with one attached hydrogen (secondary N) is 1. The van der Waals surface area contributed by atoms with Crippen LogP contribution in [-0.4, -0.2) is 28.4 Å². The van der Waals surface area contributed by atoms with Crippen molar-refractivity contribution in [2.45, 2.75) is 24.5 Å². The van der Waals surface area contributed by atoms with Gasteiger partial charge in [-0.05, 0) is 36.6 Å². The normalized spacial score (nSPS) is 10.9. The summed E-state index contributed by atoms with van der Waals surface area (Å²) in [6.07, 6.45) is 0.822. The maximum Gasteiger partial charge on any atom is 0.277 e. The summed E-state index contributed by atoms with van der Waals surface area (Å²) < 4.78 is 5.69. The molecule has 0 radical (unpaired) electrons. The van der Waals surface area contributed by atoms with E-state index in [-0.39, 0.29) is 17.6 Å². The van der Waals surface area contributed by atoms with Crippen LogP contribution in [0.25, 0.3) is 11.5 Å². The molecule has 0 aliphatic rings. The van der Waals surface area contributed by atoms with Crippen LogP contribution in [0.5, 0.6) is 0 Å². The van der Waals surface area contributed by atoms with E-state index in [1.807, 2.05) is 43.3 Å². The van der Waals surface area contributed by atoms with Crippen LogP contribution in [0.3, 0.4) is 0 Å². The molecule has 0 atom stereocenters. The summed E-state index contributed by atoms with van der Waals surface area (Å²) >= 11 is 1.25. The minimum Gasteiger partial charge on any atom is -0.411 e. The zero-order chi connectivity index (χ0) is 22.2. The molecule has 0 fully saturated rings. The van der Waals surface area contributed by atoms with Gasteiger partial charge in [-0.2, -0.15) is 0 Å². The smallest absolute Gasteiger partial charge is 0.277 e. The number of aryl methyl sites for hydroxylation is 1. The fourth-order valence-electron chi connectivity index (χ4n) is 3.59. The predicted octanol–water partition coefficient (Wildman–Crippen LogP) is 5.48. The Labute approximate surface area is 192 Å². The molecule has 0 spiro atoms. The number of aromatic nitrogens is 2. The Bertz CT molecular complexity index is 1110. The lowest BCUT2D eigenvalue weighted by molar-refractivity contribution is -0.118. The van der Waals surface area contributed by atoms with E-state index in [1.165, 1.54) is 22.9 Å². The first kappa shape index (κ1) is 21.8. The minimum atomic E-state index is -0.0508. The number of carbonyl (C=O) groups excluding carboxylic acids is 1. The van der Waals surface area contributed by atoms with Gasteiger partial charge in [-0.25, -0.2) is 0 Å². The highest BCUT2D eigenvalue weighted by Crippen LogP contribution is 2.27. The number of carbonyl (C=O) groups is 1. The van der Waals surface area contributed by atoms with Crippen molar-refractivity contribution in [1.82, 2.24) is 15.5 Å². The van der Waals surface area contributed by atoms with Crippen LogP contribution in [-0.2, 0) is 4.79 Å². The third kappa shape index (κ3) is 5.86. The highest BCUT2D eigenvalue weighted by atomic mass is 32.2. The van der Waals surface area contributed by atoms with Crippen LogP contribution in [0.4, 0.5) is 0 Å². The number of amides is 1. The molecule has 1 heterocycles. The summed E-state index contributed by atoms with van der Waals surface area (Å²) in [5.74, 6) is 0.880. The molecular formula is C26H25N3O2S. The molecule has 1 N–H and O–H groups in total. The van der Waals surface area contributed by atoms with Crippen molar-refractivity contribution in [1.29, 1.82) is 0 Å². The van der Waals surface area contributed by atoms with Gasteiger partial charge >= 0.3 is 0 Å². The third-order valence-corrected chi connectivity index (χ3v) is 5.98. The van der Waals surface area contributed by atoms with Gasteiger partial charge in [0.15, 0.2) is 0 Å². The van der Waals surface area contributed by atoms with E-state index >= 15 is 0 Å². The second kappa shape index (κ2) is 10.8. The third-order valence-electron chi connectivity index (χ3n) is 5.16. The van der Waals surface area contributed by atoms with Crippen LogP contribution >= 0.6 is 11.8 Å². The molecule has 0 bridgehead atoms. The average Bonchev–Trinajstić information content (AvgIpc) is 3.31. The van der Waals surface area contributed by atoms with Crippen LogP contribution in [0.1, 0.15) is 29.0 Å². The molecule has 0 saturated carbocycles. The largest absolute Gasteiger partial charge is 0.411 e. The van der Waals surface area contributed by atoms with E-state index in [0.29, 0.717) is 17.7 Å². The van der Waals surface area contributed by atoms with Crippen molar-refractivity contribution in [3.05, 3.63) is 102 Å². The van der Waals surface area contributed by atoms with E-state index < -0.39 is 0 Å². The summed E-state index contributed by atoms with van der Waals surface area (Å²) in [6, 6.07) is 28.7. The molecule has 0 aliphatic heterocycles. The minimum absolute atomic E-state index is 0.0508. The first-order valence-electron chi connectivity index (χ1n) is 10.6. The molecule has 162 valence electrons. The van der Waals surface area contributed by atoms with Gasteiger partial charge in [0, 0.05) is 18.0 Å². The van der Waals surface area contributed by atoms with Crippen LogP contribution in [0, 0.1) is 6.92 Å². The monoisotopic (exact) mass is 443 g/mol. The number of rotatable bonds is 9. The average molecular weight is 444 g/mol. The Morgan fingerprint density at radius 3 is 2.28 bits per heavy atom. The number of hydrogen-bond acceptors (Lipinski definition) is 5. The number of hydrogen-bond donors (Lipinski definition) is 1. The standard InChI is InChI=1S/C26H25N3O2S/c1-19-9-8-14-22(17-19)25-28-29-26(31-25)32-18-24(30)27-16-15-23(20-10-4-2-5-11-20)21-12-6-3-7-13-21/h2-14,17,23H,15-16,18H2,1H3,(H,27,30). The highest BCUT2D eigenvalue weighted by molar-refractivity contribution is 7.99. The number of nitrogens with zero attached hydrogens (tertiary/aromatic N) is 2. The molecule has 0 unspecified atom stereocenters. The van der Waals surface area contributed by atoms with Crippen molar-refractivity contribution >= 4 is 17.7 Å². The maximum atomic E-state index is 12.4. The second-order valence-corrected chi connectivity index (χ2v) is 8.47. The molecule has 5 nitrogen and oxygen atoms in total. The molecule has 0 saturated heterocycles. The van der Waals surface area contributed by atoms with E-state index in [1.54, 1.807) is 0 Å². The predicted molar refractivity (Wildman–Crippen MR) is 128 cm³/mol. The fraction of sp³-hybridized carbons (Fsp3) is 0.192. The summed E-state index contributed by atoms with van der Waals surface area (Å²) in [4.78, 5) is 12.4. The van der Waals surface area contributed by atoms with Crippen molar-refractivity contribution in [2.75, 3.05) is 12.3 Å². The van der Waals surface area contributed by atoms with Gasteiger partial charge in [0.05, 0.1) is 5.75 Å². The van der Waals surface area contributed by atoms with Gasteiger partial charge in [-0.3, -0.25) is 4.79 Å². The first-order valence-corrected chi connectivity index (χ1v) is 11.6. The topological polar surface area (TPSA) is 68.0 Å². The Morgan fingerprint density at radius 2 is 1.62 bits per heavy atom. The van der Waals surface area contributed by atoms with Gasteiger partial charge in [-0.15, -0.1) is 10.2 Å². The SMILES string of the molecule is Cc1cccc(-c2nnc(SCC(=O)NCCC(c3ccccc3)c3ccccc3)o2)c1. The zero-order valence-electron chi connectivity index (χ0n) is 17.9. The summed E-state index contributed by atoms with van der Waals surface area (Å²) in [6.45, 7) is 2.60. The lowest BCUT2D eigenvalue weighted by Gasteiger charge is -2.18. The molecule has 6 heteroatoms. The van der Waals surface area contributed by atoms with Crippen LogP contribution in [0.15, 0.2) is 94.6 Å². The Balaban J connectivity index is 1.29. The Kier molecular flexibility index (Phi) is 7.35. The summed E-state index contributed by atoms with van der Waals surface area (Å²) in [5.41, 5.74) is 4.49. The van der Waals surface area contributed by atoms with E-state index in [9.17, 15) is 4.79 Å². The van der Waals surface area contributed by atoms with Crippen molar-refractivity contribution in [3.63, 3.8) is 0 Å². The Morgan fingerprint density at radius 1 is 0.938 bits per heavy atom. The van der Waals surface area contributed by atoms with E-state index in [0.717, 1.165) is 17.5 Å². The van der Waals surface area contributed by atoms with Gasteiger partial charge in [0.2, 0.25) is 11.8 Å². The van der Waals surface area contributed by atoms with Gasteiger partial charge in [0.25, 0.3) is 5.22 Å². The van der Waals surface area contributed by atoms with Gasteiger partial charge < -0.3 is 9.73 Å². The second-order valence-electron chi connectivity index (χ2n) is 7.54. The zero-order valence-corrected chi connectivity index (χ0v) is 18.7. The lowest BCUT2D eigenvalue weighted by atomic mass is 9.88. The Hall–Kier alpha value is -3.38. The van der Waals surface area contributed by atoms with Gasteiger partial charge in [0.1, 0.15) is 0 Å². The molecule has 4 aromatic rings. The molecule has 32 heavy (non-hydrogen) atoms. The van der Waals surface area contributed by atoms with Crippen LogP contribution < -0.4 is 5.32 Å². The molecular weight excluding hydrogens is 418 g/mol. The number of benzene rings is 3. The van der Waals surface area contributed by atoms with E-state index in [4.69, 9.17) is 4.42 Å².